The number of H-pyrrole nitrogens is 1. The first-order chi connectivity index (χ1) is 9.07. The van der Waals surface area contributed by atoms with Gasteiger partial charge in [-0.15, -0.1) is 0 Å². The molecule has 1 aromatic heterocycles. The standard InChI is InChI=1S/C13H19N3O3/c1-2-9-3-5-13(6-4-9,12(18)19)16-10-11(17)15-8-7-14-10/h7-9H,2-6H2,1H3,(H,14,16)(H,15,17)(H,18,19). The van der Waals surface area contributed by atoms with Gasteiger partial charge in [-0.25, -0.2) is 9.78 Å². The monoisotopic (exact) mass is 265 g/mol. The van der Waals surface area contributed by atoms with E-state index in [1.807, 2.05) is 0 Å². The van der Waals surface area contributed by atoms with Crippen molar-refractivity contribution in [1.29, 1.82) is 0 Å². The number of aromatic nitrogens is 2. The topological polar surface area (TPSA) is 95.1 Å². The summed E-state index contributed by atoms with van der Waals surface area (Å²) in [6.45, 7) is 2.12. The highest BCUT2D eigenvalue weighted by Gasteiger charge is 2.42. The third-order valence-electron chi connectivity index (χ3n) is 4.01. The molecule has 1 aliphatic carbocycles. The van der Waals surface area contributed by atoms with Crippen LogP contribution in [0.15, 0.2) is 17.2 Å². The Labute approximate surface area is 111 Å². The number of aliphatic carboxylic acids is 1. The molecule has 0 aromatic carbocycles. The average molecular weight is 265 g/mol. The molecule has 6 nitrogen and oxygen atoms in total. The molecule has 1 heterocycles. The lowest BCUT2D eigenvalue weighted by molar-refractivity contribution is -0.143. The second-order valence-corrected chi connectivity index (χ2v) is 5.13. The van der Waals surface area contributed by atoms with E-state index in [-0.39, 0.29) is 11.4 Å². The number of hydrogen-bond donors (Lipinski definition) is 3. The number of rotatable bonds is 4. The first-order valence-corrected chi connectivity index (χ1v) is 6.62. The number of nitrogens with zero attached hydrogens (tertiary/aromatic N) is 1. The van der Waals surface area contributed by atoms with Gasteiger partial charge in [0.15, 0.2) is 5.82 Å². The molecule has 0 amide bonds. The van der Waals surface area contributed by atoms with E-state index in [1.54, 1.807) is 0 Å². The Morgan fingerprint density at radius 2 is 2.26 bits per heavy atom. The molecule has 3 N–H and O–H groups in total. The maximum absolute atomic E-state index is 11.6. The molecule has 0 aliphatic heterocycles. The molecule has 0 radical (unpaired) electrons. The van der Waals surface area contributed by atoms with E-state index in [0.717, 1.165) is 19.3 Å². The zero-order valence-electron chi connectivity index (χ0n) is 11.0. The van der Waals surface area contributed by atoms with E-state index in [1.165, 1.54) is 12.4 Å². The smallest absolute Gasteiger partial charge is 0.329 e. The summed E-state index contributed by atoms with van der Waals surface area (Å²) in [5, 5.41) is 12.3. The third kappa shape index (κ3) is 2.77. The normalized spacial score (nSPS) is 26.9. The lowest BCUT2D eigenvalue weighted by Crippen LogP contribution is -2.50. The van der Waals surface area contributed by atoms with Gasteiger partial charge in [-0.05, 0) is 31.6 Å². The summed E-state index contributed by atoms with van der Waals surface area (Å²) < 4.78 is 0. The number of aromatic amines is 1. The van der Waals surface area contributed by atoms with Crippen molar-refractivity contribution in [3.8, 4) is 0 Å². The van der Waals surface area contributed by atoms with E-state index in [9.17, 15) is 14.7 Å². The maximum Gasteiger partial charge on any atom is 0.329 e. The molecule has 0 atom stereocenters. The zero-order chi connectivity index (χ0) is 13.9. The van der Waals surface area contributed by atoms with Crippen LogP contribution in [-0.4, -0.2) is 26.6 Å². The van der Waals surface area contributed by atoms with Gasteiger partial charge in [0.25, 0.3) is 5.56 Å². The van der Waals surface area contributed by atoms with Crippen LogP contribution in [-0.2, 0) is 4.79 Å². The van der Waals surface area contributed by atoms with E-state index in [4.69, 9.17) is 0 Å². The Morgan fingerprint density at radius 1 is 1.58 bits per heavy atom. The predicted octanol–water partition coefficient (Wildman–Crippen LogP) is 1.61. The Hall–Kier alpha value is -1.85. The molecular weight excluding hydrogens is 246 g/mol. The molecule has 1 aliphatic rings. The Kier molecular flexibility index (Phi) is 3.87. The lowest BCUT2D eigenvalue weighted by atomic mass is 9.75. The van der Waals surface area contributed by atoms with Crippen molar-refractivity contribution >= 4 is 11.8 Å². The fraction of sp³-hybridized carbons (Fsp3) is 0.615. The van der Waals surface area contributed by atoms with Crippen molar-refractivity contribution in [1.82, 2.24) is 9.97 Å². The van der Waals surface area contributed by atoms with Crippen LogP contribution in [0.2, 0.25) is 0 Å². The minimum absolute atomic E-state index is 0.0832. The van der Waals surface area contributed by atoms with Gasteiger partial charge < -0.3 is 15.4 Å². The number of anilines is 1. The van der Waals surface area contributed by atoms with Gasteiger partial charge in [0.05, 0.1) is 0 Å². The van der Waals surface area contributed by atoms with Crippen molar-refractivity contribution in [3.05, 3.63) is 22.7 Å². The molecule has 19 heavy (non-hydrogen) atoms. The van der Waals surface area contributed by atoms with Gasteiger partial charge in [-0.1, -0.05) is 13.3 Å². The summed E-state index contributed by atoms with van der Waals surface area (Å²) >= 11 is 0. The molecule has 2 rings (SSSR count). The number of carboxylic acids is 1. The summed E-state index contributed by atoms with van der Waals surface area (Å²) in [7, 11) is 0. The second kappa shape index (κ2) is 5.42. The van der Waals surface area contributed by atoms with Crippen LogP contribution in [0.5, 0.6) is 0 Å². The third-order valence-corrected chi connectivity index (χ3v) is 4.01. The maximum atomic E-state index is 11.6. The average Bonchev–Trinajstić information content (AvgIpc) is 2.42. The fourth-order valence-corrected chi connectivity index (χ4v) is 2.64. The van der Waals surface area contributed by atoms with Crippen molar-refractivity contribution in [2.45, 2.75) is 44.6 Å². The summed E-state index contributed by atoms with van der Waals surface area (Å²) in [5.41, 5.74) is -1.45. The molecular formula is C13H19N3O3. The molecule has 0 saturated heterocycles. The van der Waals surface area contributed by atoms with Gasteiger partial charge in [0, 0.05) is 12.4 Å². The molecule has 1 aromatic rings. The highest BCUT2D eigenvalue weighted by Crippen LogP contribution is 2.35. The number of carbonyl (C=O) groups is 1. The van der Waals surface area contributed by atoms with Gasteiger partial charge in [-0.2, -0.15) is 0 Å². The van der Waals surface area contributed by atoms with Gasteiger partial charge in [0.2, 0.25) is 0 Å². The van der Waals surface area contributed by atoms with E-state index < -0.39 is 11.5 Å². The molecule has 6 heteroatoms. The van der Waals surface area contributed by atoms with Gasteiger partial charge in [-0.3, -0.25) is 4.79 Å². The van der Waals surface area contributed by atoms with Crippen molar-refractivity contribution in [2.75, 3.05) is 5.32 Å². The van der Waals surface area contributed by atoms with E-state index in [0.29, 0.717) is 18.8 Å². The number of hydrogen-bond acceptors (Lipinski definition) is 4. The van der Waals surface area contributed by atoms with Gasteiger partial charge in [0.1, 0.15) is 5.54 Å². The molecule has 1 fully saturated rings. The highest BCUT2D eigenvalue weighted by molar-refractivity contribution is 5.82. The van der Waals surface area contributed by atoms with Crippen LogP contribution < -0.4 is 10.9 Å². The SMILES string of the molecule is CCC1CCC(Nc2ncc[nH]c2=O)(C(=O)O)CC1. The van der Waals surface area contributed by atoms with Crippen LogP contribution in [0.4, 0.5) is 5.82 Å². The number of nitrogens with one attached hydrogen (secondary N) is 2. The van der Waals surface area contributed by atoms with Crippen LogP contribution in [0.25, 0.3) is 0 Å². The molecule has 1 saturated carbocycles. The van der Waals surface area contributed by atoms with Crippen molar-refractivity contribution in [3.63, 3.8) is 0 Å². The summed E-state index contributed by atoms with van der Waals surface area (Å²) in [5.74, 6) is -0.247. The Bertz CT molecular complexity index is 504. The molecule has 0 spiro atoms. The second-order valence-electron chi connectivity index (χ2n) is 5.13. The number of carboxylic acid groups (broad SMARTS) is 1. The summed E-state index contributed by atoms with van der Waals surface area (Å²) in [4.78, 5) is 29.6. The van der Waals surface area contributed by atoms with Crippen LogP contribution >= 0.6 is 0 Å². The summed E-state index contributed by atoms with van der Waals surface area (Å²) in [6.07, 6.45) is 6.71. The van der Waals surface area contributed by atoms with Crippen LogP contribution in [0, 0.1) is 5.92 Å². The van der Waals surface area contributed by atoms with Crippen molar-refractivity contribution < 1.29 is 9.90 Å². The first-order valence-electron chi connectivity index (χ1n) is 6.62. The minimum atomic E-state index is -1.06. The van der Waals surface area contributed by atoms with Crippen LogP contribution in [0.3, 0.4) is 0 Å². The quantitative estimate of drug-likeness (QED) is 0.768. The predicted molar refractivity (Wildman–Crippen MR) is 71.1 cm³/mol. The highest BCUT2D eigenvalue weighted by atomic mass is 16.4. The van der Waals surface area contributed by atoms with Gasteiger partial charge >= 0.3 is 5.97 Å². The zero-order valence-corrected chi connectivity index (χ0v) is 11.0. The fourth-order valence-electron chi connectivity index (χ4n) is 2.64. The van der Waals surface area contributed by atoms with E-state index >= 15 is 0 Å². The Balaban J connectivity index is 2.20. The molecule has 0 bridgehead atoms. The summed E-state index contributed by atoms with van der Waals surface area (Å²) in [6, 6.07) is 0. The molecule has 0 unspecified atom stereocenters. The first kappa shape index (κ1) is 13.6. The largest absolute Gasteiger partial charge is 0.480 e. The Morgan fingerprint density at radius 3 is 2.79 bits per heavy atom. The molecule has 104 valence electrons. The minimum Gasteiger partial charge on any atom is -0.480 e. The van der Waals surface area contributed by atoms with E-state index in [2.05, 4.69) is 22.2 Å². The lowest BCUT2D eigenvalue weighted by Gasteiger charge is -2.37. The van der Waals surface area contributed by atoms with Crippen LogP contribution in [0.1, 0.15) is 39.0 Å². The van der Waals surface area contributed by atoms with Crippen molar-refractivity contribution in [2.24, 2.45) is 5.92 Å².